The molecule has 0 aliphatic heterocycles. The molecule has 0 rings (SSSR count). The highest BCUT2D eigenvalue weighted by Crippen LogP contribution is 2.25. The van der Waals surface area contributed by atoms with E-state index in [4.69, 9.17) is 4.12 Å². The van der Waals surface area contributed by atoms with E-state index >= 15 is 0 Å². The Morgan fingerprint density at radius 3 is 1.47 bits per heavy atom. The van der Waals surface area contributed by atoms with E-state index in [1.165, 1.54) is 12.8 Å². The van der Waals surface area contributed by atoms with Crippen LogP contribution in [0.25, 0.3) is 0 Å². The van der Waals surface area contributed by atoms with Crippen molar-refractivity contribution in [2.24, 2.45) is 0 Å². The molecule has 17 heavy (non-hydrogen) atoms. The van der Waals surface area contributed by atoms with Crippen molar-refractivity contribution in [3.8, 4) is 0 Å². The third-order valence-corrected chi connectivity index (χ3v) is 9.88. The average molecular weight is 276 g/mol. The first-order valence-corrected chi connectivity index (χ1v) is 13.3. The lowest BCUT2D eigenvalue weighted by Crippen LogP contribution is -2.61. The highest BCUT2D eigenvalue weighted by atomic mass is 28.4. The van der Waals surface area contributed by atoms with E-state index in [1.807, 2.05) is 0 Å². The molecule has 0 saturated carbocycles. The summed E-state index contributed by atoms with van der Waals surface area (Å²) in [5.74, 6) is 0. The van der Waals surface area contributed by atoms with Gasteiger partial charge in [0, 0.05) is 12.1 Å². The summed E-state index contributed by atoms with van der Waals surface area (Å²) in [6, 6.07) is 1.26. The maximum atomic E-state index is 6.54. The minimum atomic E-state index is -1.74. The molecule has 0 aromatic heterocycles. The molecule has 2 atom stereocenters. The Morgan fingerprint density at radius 1 is 0.882 bits per heavy atom. The first-order chi connectivity index (χ1) is 7.55. The van der Waals surface area contributed by atoms with Crippen molar-refractivity contribution in [1.82, 2.24) is 4.57 Å². The van der Waals surface area contributed by atoms with E-state index in [-0.39, 0.29) is 0 Å². The summed E-state index contributed by atoms with van der Waals surface area (Å²) in [7, 11) is -3.19. The van der Waals surface area contributed by atoms with Gasteiger partial charge in [-0.1, -0.05) is 27.7 Å². The van der Waals surface area contributed by atoms with E-state index in [0.29, 0.717) is 12.1 Å². The van der Waals surface area contributed by atoms with Gasteiger partial charge < -0.3 is 4.12 Å². The van der Waals surface area contributed by atoms with Gasteiger partial charge in [-0.3, -0.25) is 4.57 Å². The summed E-state index contributed by atoms with van der Waals surface area (Å²) in [4.78, 5) is 0. The van der Waals surface area contributed by atoms with E-state index in [9.17, 15) is 0 Å². The monoisotopic (exact) mass is 275 g/mol. The van der Waals surface area contributed by atoms with Crippen LogP contribution in [0.2, 0.25) is 32.7 Å². The lowest BCUT2D eigenvalue weighted by molar-refractivity contribution is 0.220. The molecular formula is C13H33NOSi2. The van der Waals surface area contributed by atoms with E-state index < -0.39 is 16.8 Å². The minimum Gasteiger partial charge on any atom is -0.445 e. The third-order valence-electron chi connectivity index (χ3n) is 3.31. The number of rotatable bonds is 7. The van der Waals surface area contributed by atoms with Gasteiger partial charge in [-0.05, 0) is 45.6 Å². The fourth-order valence-corrected chi connectivity index (χ4v) is 11.6. The predicted octanol–water partition coefficient (Wildman–Crippen LogP) is 4.44. The molecule has 2 nitrogen and oxygen atoms in total. The quantitative estimate of drug-likeness (QED) is 0.637. The minimum absolute atomic E-state index is 0.628. The third kappa shape index (κ3) is 5.68. The van der Waals surface area contributed by atoms with E-state index in [0.717, 1.165) is 0 Å². The van der Waals surface area contributed by atoms with Crippen LogP contribution < -0.4 is 0 Å². The molecule has 0 aromatic carbocycles. The van der Waals surface area contributed by atoms with Crippen LogP contribution >= 0.6 is 0 Å². The van der Waals surface area contributed by atoms with Gasteiger partial charge in [-0.2, -0.15) is 0 Å². The maximum absolute atomic E-state index is 6.54. The van der Waals surface area contributed by atoms with Gasteiger partial charge in [0.15, 0.2) is 8.32 Å². The van der Waals surface area contributed by atoms with Crippen molar-refractivity contribution < 1.29 is 4.12 Å². The summed E-state index contributed by atoms with van der Waals surface area (Å²) in [5, 5.41) is 0. The highest BCUT2D eigenvalue weighted by molar-refractivity contribution is 6.82. The average Bonchev–Trinajstić information content (AvgIpc) is 2.12. The Balaban J connectivity index is 5.01. The Kier molecular flexibility index (Phi) is 6.64. The van der Waals surface area contributed by atoms with Gasteiger partial charge in [-0.25, -0.2) is 0 Å². The molecule has 0 bridgehead atoms. The smallest absolute Gasteiger partial charge is 0.255 e. The molecule has 4 heteroatoms. The van der Waals surface area contributed by atoms with Crippen LogP contribution in [0, 0.1) is 0 Å². The second-order valence-electron chi connectivity index (χ2n) is 6.58. The molecule has 0 spiro atoms. The summed E-state index contributed by atoms with van der Waals surface area (Å²) in [6.45, 7) is 20.9. The van der Waals surface area contributed by atoms with Crippen molar-refractivity contribution in [1.29, 1.82) is 0 Å². The van der Waals surface area contributed by atoms with Gasteiger partial charge in [0.2, 0.25) is 0 Å². The highest BCUT2D eigenvalue weighted by Gasteiger charge is 2.39. The molecule has 2 unspecified atom stereocenters. The van der Waals surface area contributed by atoms with Crippen LogP contribution in [0.1, 0.15) is 40.5 Å². The summed E-state index contributed by atoms with van der Waals surface area (Å²) in [6.07, 6.45) is 2.41. The Bertz CT molecular complexity index is 216. The van der Waals surface area contributed by atoms with Gasteiger partial charge in [-0.15, -0.1) is 0 Å². The van der Waals surface area contributed by atoms with Gasteiger partial charge in [0.1, 0.15) is 0 Å². The van der Waals surface area contributed by atoms with Crippen LogP contribution in [0.3, 0.4) is 0 Å². The second kappa shape index (κ2) is 6.50. The molecule has 0 fully saturated rings. The standard InChI is InChI=1S/C13H33NOSi2/c1-10-12(3)14(13(4)11-2)17(8,9)15-16(5,6)7/h12-13H,10-11H2,1-9H3. The van der Waals surface area contributed by atoms with Gasteiger partial charge >= 0.3 is 0 Å². The predicted molar refractivity (Wildman–Crippen MR) is 83.3 cm³/mol. The molecule has 104 valence electrons. The molecule has 0 aliphatic rings. The van der Waals surface area contributed by atoms with E-state index in [2.05, 4.69) is 65.0 Å². The fourth-order valence-electron chi connectivity index (χ4n) is 2.69. The zero-order valence-electron chi connectivity index (χ0n) is 13.4. The van der Waals surface area contributed by atoms with Crippen molar-refractivity contribution in [2.75, 3.05) is 0 Å². The van der Waals surface area contributed by atoms with Gasteiger partial charge in [0.05, 0.1) is 0 Å². The number of hydrogen-bond donors (Lipinski definition) is 0. The Hall–Kier alpha value is 0.354. The molecule has 0 saturated heterocycles. The molecule has 0 heterocycles. The van der Waals surface area contributed by atoms with Gasteiger partial charge in [0.25, 0.3) is 8.48 Å². The topological polar surface area (TPSA) is 12.5 Å². The molecule has 0 radical (unpaired) electrons. The first kappa shape index (κ1) is 17.4. The fraction of sp³-hybridized carbons (Fsp3) is 1.00. The summed E-state index contributed by atoms with van der Waals surface area (Å²) < 4.78 is 9.22. The van der Waals surface area contributed by atoms with Crippen LogP contribution in [0.4, 0.5) is 0 Å². The molecular weight excluding hydrogens is 242 g/mol. The summed E-state index contributed by atoms with van der Waals surface area (Å²) in [5.41, 5.74) is 0. The lowest BCUT2D eigenvalue weighted by atomic mass is 10.2. The molecule has 0 N–H and O–H groups in total. The normalized spacial score (nSPS) is 17.3. The molecule has 0 aromatic rings. The van der Waals surface area contributed by atoms with Crippen molar-refractivity contribution in [3.05, 3.63) is 0 Å². The van der Waals surface area contributed by atoms with Crippen molar-refractivity contribution in [2.45, 2.75) is 85.4 Å². The van der Waals surface area contributed by atoms with Crippen LogP contribution in [0.5, 0.6) is 0 Å². The van der Waals surface area contributed by atoms with Crippen LogP contribution in [-0.2, 0) is 4.12 Å². The zero-order valence-corrected chi connectivity index (χ0v) is 15.4. The Morgan fingerprint density at radius 2 is 1.24 bits per heavy atom. The summed E-state index contributed by atoms with van der Waals surface area (Å²) >= 11 is 0. The molecule has 0 amide bonds. The largest absolute Gasteiger partial charge is 0.445 e. The van der Waals surface area contributed by atoms with Crippen molar-refractivity contribution in [3.63, 3.8) is 0 Å². The van der Waals surface area contributed by atoms with Crippen LogP contribution in [0.15, 0.2) is 0 Å². The Labute approximate surface area is 111 Å². The SMILES string of the molecule is CCC(C)N(C(C)CC)[Si](C)(C)O[Si](C)(C)C. The number of nitrogens with zero attached hydrogens (tertiary/aromatic N) is 1. The van der Waals surface area contributed by atoms with Crippen LogP contribution in [-0.4, -0.2) is 33.4 Å². The second-order valence-corrected chi connectivity index (χ2v) is 15.0. The maximum Gasteiger partial charge on any atom is 0.255 e. The lowest BCUT2D eigenvalue weighted by Gasteiger charge is -2.46. The van der Waals surface area contributed by atoms with Crippen molar-refractivity contribution >= 4 is 16.8 Å². The molecule has 0 aliphatic carbocycles. The van der Waals surface area contributed by atoms with E-state index in [1.54, 1.807) is 0 Å². The first-order valence-electron chi connectivity index (χ1n) is 7.03. The number of hydrogen-bond acceptors (Lipinski definition) is 2. The zero-order chi connectivity index (χ0) is 13.9.